The fourth-order valence-corrected chi connectivity index (χ4v) is 0.168. The van der Waals surface area contributed by atoms with E-state index in [-0.39, 0.29) is 13.2 Å². The Labute approximate surface area is 55.9 Å². The molecule has 2 N–H and O–H groups in total. The summed E-state index contributed by atoms with van der Waals surface area (Å²) in [5, 5.41) is 15.9. The largest absolute Gasteiger partial charge is 0.473 e. The fraction of sp³-hybridized carbons (Fsp3) is 0.500. The standard InChI is InChI=1S/C4H6O6/c5-1-2-9-10-4(8)3(6)7/h5H,1-2H2,(H,6,7). The van der Waals surface area contributed by atoms with Crippen LogP contribution in [0.15, 0.2) is 0 Å². The second kappa shape index (κ2) is 4.71. The Morgan fingerprint density at radius 1 is 1.40 bits per heavy atom. The quantitative estimate of drug-likeness (QED) is 0.221. The highest BCUT2D eigenvalue weighted by Crippen LogP contribution is 1.79. The molecular formula is C4H6O6. The SMILES string of the molecule is O=C(O)C(=O)OOCCO. The van der Waals surface area contributed by atoms with E-state index in [4.69, 9.17) is 10.2 Å². The average molecular weight is 150 g/mol. The Morgan fingerprint density at radius 3 is 2.40 bits per heavy atom. The van der Waals surface area contributed by atoms with Gasteiger partial charge in [-0.25, -0.2) is 9.59 Å². The number of carboxylic acid groups (broad SMARTS) is 1. The van der Waals surface area contributed by atoms with E-state index in [9.17, 15) is 9.59 Å². The van der Waals surface area contributed by atoms with E-state index < -0.39 is 11.9 Å². The van der Waals surface area contributed by atoms with E-state index >= 15 is 0 Å². The van der Waals surface area contributed by atoms with Gasteiger partial charge < -0.3 is 10.2 Å². The first-order valence-electron chi connectivity index (χ1n) is 2.36. The lowest BCUT2D eigenvalue weighted by molar-refractivity contribution is -0.274. The predicted molar refractivity (Wildman–Crippen MR) is 26.8 cm³/mol. The smallest absolute Gasteiger partial charge is 0.449 e. The molecule has 0 radical (unpaired) electrons. The van der Waals surface area contributed by atoms with Crippen molar-refractivity contribution < 1.29 is 29.6 Å². The predicted octanol–water partition coefficient (Wildman–Crippen LogP) is -1.46. The van der Waals surface area contributed by atoms with Crippen LogP contribution in [0.3, 0.4) is 0 Å². The molecule has 0 aliphatic rings. The van der Waals surface area contributed by atoms with Crippen molar-refractivity contribution in [2.24, 2.45) is 0 Å². The molecule has 6 heteroatoms. The maximum absolute atomic E-state index is 9.99. The number of carbonyl (C=O) groups excluding carboxylic acids is 1. The van der Waals surface area contributed by atoms with Crippen LogP contribution >= 0.6 is 0 Å². The van der Waals surface area contributed by atoms with Gasteiger partial charge in [-0.05, 0) is 0 Å². The zero-order valence-corrected chi connectivity index (χ0v) is 4.94. The highest BCUT2D eigenvalue weighted by Gasteiger charge is 2.13. The highest BCUT2D eigenvalue weighted by atomic mass is 17.2. The zero-order valence-electron chi connectivity index (χ0n) is 4.94. The van der Waals surface area contributed by atoms with Crippen LogP contribution in [0, 0.1) is 0 Å². The molecule has 0 saturated heterocycles. The van der Waals surface area contributed by atoms with Crippen molar-refractivity contribution >= 4 is 11.9 Å². The van der Waals surface area contributed by atoms with Crippen molar-refractivity contribution in [3.05, 3.63) is 0 Å². The van der Waals surface area contributed by atoms with Crippen LogP contribution < -0.4 is 0 Å². The molecule has 0 aliphatic heterocycles. The molecule has 58 valence electrons. The molecule has 0 aromatic rings. The number of aliphatic hydroxyl groups is 1. The first-order valence-corrected chi connectivity index (χ1v) is 2.36. The van der Waals surface area contributed by atoms with Gasteiger partial charge in [0.15, 0.2) is 0 Å². The molecule has 0 bridgehead atoms. The van der Waals surface area contributed by atoms with Crippen LogP contribution in [0.1, 0.15) is 0 Å². The Hall–Kier alpha value is -1.14. The second-order valence-electron chi connectivity index (χ2n) is 1.22. The van der Waals surface area contributed by atoms with Gasteiger partial charge >= 0.3 is 11.9 Å². The van der Waals surface area contributed by atoms with Gasteiger partial charge in [0, 0.05) is 0 Å². The number of hydrogen-bond acceptors (Lipinski definition) is 5. The van der Waals surface area contributed by atoms with Gasteiger partial charge in [-0.15, -0.1) is 0 Å². The monoisotopic (exact) mass is 150 g/mol. The maximum Gasteiger partial charge on any atom is 0.449 e. The molecule has 0 fully saturated rings. The summed E-state index contributed by atoms with van der Waals surface area (Å²) in [4.78, 5) is 27.2. The normalized spacial score (nSPS) is 8.90. The average Bonchev–Trinajstić information content (AvgIpc) is 1.88. The fourth-order valence-electron chi connectivity index (χ4n) is 0.168. The van der Waals surface area contributed by atoms with Crippen molar-refractivity contribution in [2.45, 2.75) is 0 Å². The molecule has 0 atom stereocenters. The maximum atomic E-state index is 9.99. The number of hydrogen-bond donors (Lipinski definition) is 2. The molecule has 0 amide bonds. The van der Waals surface area contributed by atoms with Gasteiger partial charge in [0.25, 0.3) is 0 Å². The van der Waals surface area contributed by atoms with Gasteiger partial charge in [0.05, 0.1) is 6.61 Å². The summed E-state index contributed by atoms with van der Waals surface area (Å²) < 4.78 is 0. The third-order valence-electron chi connectivity index (χ3n) is 0.484. The Kier molecular flexibility index (Phi) is 4.17. The molecule has 0 aromatic carbocycles. The topological polar surface area (TPSA) is 93.1 Å². The molecule has 0 spiro atoms. The van der Waals surface area contributed by atoms with Gasteiger partial charge in [0.1, 0.15) is 6.61 Å². The van der Waals surface area contributed by atoms with Crippen molar-refractivity contribution in [3.63, 3.8) is 0 Å². The zero-order chi connectivity index (χ0) is 7.98. The minimum Gasteiger partial charge on any atom is -0.473 e. The molecule has 6 nitrogen and oxygen atoms in total. The summed E-state index contributed by atoms with van der Waals surface area (Å²) >= 11 is 0. The van der Waals surface area contributed by atoms with Crippen molar-refractivity contribution in [2.75, 3.05) is 13.2 Å². The van der Waals surface area contributed by atoms with Crippen LogP contribution in [0.4, 0.5) is 0 Å². The summed E-state index contributed by atoms with van der Waals surface area (Å²) in [6.07, 6.45) is 0. The molecule has 0 aliphatic carbocycles. The van der Waals surface area contributed by atoms with Crippen LogP contribution in [-0.2, 0) is 19.4 Å². The molecule has 0 saturated carbocycles. The number of aliphatic hydroxyl groups excluding tert-OH is 1. The third-order valence-corrected chi connectivity index (χ3v) is 0.484. The number of carbonyl (C=O) groups is 2. The first kappa shape index (κ1) is 8.86. The number of aliphatic carboxylic acids is 1. The number of rotatable bonds is 3. The van der Waals surface area contributed by atoms with Gasteiger partial charge in [-0.2, -0.15) is 4.89 Å². The third kappa shape index (κ3) is 3.81. The summed E-state index contributed by atoms with van der Waals surface area (Å²) in [6, 6.07) is 0. The summed E-state index contributed by atoms with van der Waals surface area (Å²) in [6.45, 7) is -0.577. The summed E-state index contributed by atoms with van der Waals surface area (Å²) in [5.74, 6) is -3.24. The van der Waals surface area contributed by atoms with Crippen molar-refractivity contribution in [1.82, 2.24) is 0 Å². The molecule has 0 unspecified atom stereocenters. The lowest BCUT2D eigenvalue weighted by atomic mass is 10.7. The lowest BCUT2D eigenvalue weighted by Crippen LogP contribution is -2.17. The molecule has 0 heterocycles. The van der Waals surface area contributed by atoms with Crippen molar-refractivity contribution in [1.29, 1.82) is 0 Å². The van der Waals surface area contributed by atoms with Crippen LogP contribution in [0.25, 0.3) is 0 Å². The van der Waals surface area contributed by atoms with Gasteiger partial charge in [-0.3, -0.25) is 4.89 Å². The second-order valence-corrected chi connectivity index (χ2v) is 1.22. The van der Waals surface area contributed by atoms with E-state index in [0.717, 1.165) is 0 Å². The Bertz CT molecular complexity index is 130. The van der Waals surface area contributed by atoms with E-state index in [1.165, 1.54) is 0 Å². The summed E-state index contributed by atoms with van der Waals surface area (Å²) in [7, 11) is 0. The van der Waals surface area contributed by atoms with Crippen LogP contribution in [-0.4, -0.2) is 35.4 Å². The van der Waals surface area contributed by atoms with E-state index in [2.05, 4.69) is 9.78 Å². The Morgan fingerprint density at radius 2 is 2.00 bits per heavy atom. The lowest BCUT2D eigenvalue weighted by Gasteiger charge is -1.96. The molecule has 0 aromatic heterocycles. The Balaban J connectivity index is 3.31. The molecule has 0 rings (SSSR count). The van der Waals surface area contributed by atoms with Gasteiger partial charge in [0.2, 0.25) is 0 Å². The van der Waals surface area contributed by atoms with E-state index in [1.807, 2.05) is 0 Å². The molecule has 10 heavy (non-hydrogen) atoms. The van der Waals surface area contributed by atoms with E-state index in [0.29, 0.717) is 0 Å². The van der Waals surface area contributed by atoms with Crippen LogP contribution in [0.2, 0.25) is 0 Å². The molecular weight excluding hydrogens is 144 g/mol. The first-order chi connectivity index (χ1) is 4.68. The van der Waals surface area contributed by atoms with E-state index in [1.54, 1.807) is 0 Å². The van der Waals surface area contributed by atoms with Crippen molar-refractivity contribution in [3.8, 4) is 0 Å². The number of carboxylic acids is 1. The minimum absolute atomic E-state index is 0.237. The minimum atomic E-state index is -1.74. The van der Waals surface area contributed by atoms with Gasteiger partial charge in [-0.1, -0.05) is 0 Å². The van der Waals surface area contributed by atoms with Crippen LogP contribution in [0.5, 0.6) is 0 Å². The highest BCUT2D eigenvalue weighted by molar-refractivity contribution is 6.28. The summed E-state index contributed by atoms with van der Waals surface area (Å²) in [5.41, 5.74) is 0.